The van der Waals surface area contributed by atoms with Gasteiger partial charge in [0.1, 0.15) is 23.7 Å². The third-order valence-corrected chi connectivity index (χ3v) is 9.16. The highest BCUT2D eigenvalue weighted by molar-refractivity contribution is 8.08. The van der Waals surface area contributed by atoms with E-state index in [2.05, 4.69) is 112 Å². The van der Waals surface area contributed by atoms with Crippen LogP contribution in [0.5, 0.6) is 11.5 Å². The molecule has 2 aliphatic rings. The van der Waals surface area contributed by atoms with E-state index in [1.165, 1.54) is 61.4 Å². The monoisotopic (exact) mass is 570 g/mol. The lowest BCUT2D eigenvalue weighted by molar-refractivity contribution is 0.0951. The molecule has 2 aromatic carbocycles. The number of thioether (sulfide) groups is 1. The lowest BCUT2D eigenvalue weighted by Crippen LogP contribution is -2.30. The topological polar surface area (TPSA) is 18.5 Å². The molecular formula is C38H50O2S. The molecule has 41 heavy (non-hydrogen) atoms. The Labute approximate surface area is 254 Å². The Balaban J connectivity index is 1.24. The Morgan fingerprint density at radius 2 is 0.951 bits per heavy atom. The fourth-order valence-corrected chi connectivity index (χ4v) is 6.35. The van der Waals surface area contributed by atoms with E-state index in [9.17, 15) is 0 Å². The molecule has 0 aliphatic heterocycles. The van der Waals surface area contributed by atoms with Crippen LogP contribution in [0.2, 0.25) is 0 Å². The molecule has 0 heterocycles. The summed E-state index contributed by atoms with van der Waals surface area (Å²) < 4.78 is 12.9. The summed E-state index contributed by atoms with van der Waals surface area (Å²) in [6, 6.07) is 17.3. The second-order valence-electron chi connectivity index (χ2n) is 14.0. The molecule has 4 unspecified atom stereocenters. The first-order valence-electron chi connectivity index (χ1n) is 15.8. The van der Waals surface area contributed by atoms with Crippen molar-refractivity contribution >= 4 is 11.8 Å². The van der Waals surface area contributed by atoms with Crippen molar-refractivity contribution in [1.29, 1.82) is 0 Å². The highest BCUT2D eigenvalue weighted by Gasteiger charge is 2.27. The Morgan fingerprint density at radius 3 is 1.32 bits per heavy atom. The fraction of sp³-hybridized carbons (Fsp3) is 0.579. The first-order valence-corrected chi connectivity index (χ1v) is 16.6. The van der Waals surface area contributed by atoms with Gasteiger partial charge in [-0.3, -0.25) is 0 Å². The SMILES string of the molecule is CC(C)(C)c1ccc(OC2CCCCC2CC#CSC#CCC2CCCCC2Oc2ccc(C(C)(C)C)cc2)cc1. The van der Waals surface area contributed by atoms with E-state index in [1.54, 1.807) is 0 Å². The minimum Gasteiger partial charge on any atom is -0.490 e. The van der Waals surface area contributed by atoms with E-state index in [-0.39, 0.29) is 23.0 Å². The third-order valence-electron chi connectivity index (χ3n) is 8.67. The summed E-state index contributed by atoms with van der Waals surface area (Å²) in [5, 5.41) is 6.51. The van der Waals surface area contributed by atoms with Gasteiger partial charge in [0.05, 0.1) is 0 Å². The van der Waals surface area contributed by atoms with Crippen molar-refractivity contribution in [1.82, 2.24) is 0 Å². The van der Waals surface area contributed by atoms with Crippen molar-refractivity contribution in [3.05, 3.63) is 59.7 Å². The van der Waals surface area contributed by atoms with Gasteiger partial charge in [-0.1, -0.05) is 90.5 Å². The first kappa shape index (κ1) is 31.4. The van der Waals surface area contributed by atoms with Gasteiger partial charge in [0, 0.05) is 36.4 Å². The van der Waals surface area contributed by atoms with E-state index < -0.39 is 0 Å². The summed E-state index contributed by atoms with van der Waals surface area (Å²) in [7, 11) is 0. The number of ether oxygens (including phenoxy) is 2. The number of hydrogen-bond acceptors (Lipinski definition) is 3. The molecule has 220 valence electrons. The lowest BCUT2D eigenvalue weighted by atomic mass is 9.84. The molecule has 0 saturated heterocycles. The molecule has 0 radical (unpaired) electrons. The van der Waals surface area contributed by atoms with E-state index in [1.807, 2.05) is 0 Å². The summed E-state index contributed by atoms with van der Waals surface area (Å²) in [5.74, 6) is 9.75. The molecule has 0 bridgehead atoms. The maximum absolute atomic E-state index is 6.46. The molecule has 2 nitrogen and oxygen atoms in total. The zero-order chi connectivity index (χ0) is 29.3. The average Bonchev–Trinajstić information content (AvgIpc) is 2.94. The molecule has 0 spiro atoms. The Bertz CT molecular complexity index is 1110. The van der Waals surface area contributed by atoms with E-state index in [0.29, 0.717) is 11.8 Å². The van der Waals surface area contributed by atoms with Gasteiger partial charge in [-0.05, 0) is 95.3 Å². The van der Waals surface area contributed by atoms with Gasteiger partial charge in [-0.2, -0.15) is 0 Å². The zero-order valence-corrected chi connectivity index (χ0v) is 27.0. The molecule has 2 fully saturated rings. The van der Waals surface area contributed by atoms with Crippen LogP contribution in [0, 0.1) is 34.2 Å². The van der Waals surface area contributed by atoms with Gasteiger partial charge in [-0.15, -0.1) is 0 Å². The number of rotatable bonds is 6. The minimum absolute atomic E-state index is 0.160. The summed E-state index contributed by atoms with van der Waals surface area (Å²) in [6.07, 6.45) is 11.9. The molecule has 0 N–H and O–H groups in total. The molecule has 2 saturated carbocycles. The second-order valence-corrected chi connectivity index (χ2v) is 14.6. The molecular weight excluding hydrogens is 520 g/mol. The van der Waals surface area contributed by atoms with Crippen molar-refractivity contribution in [2.24, 2.45) is 11.8 Å². The largest absolute Gasteiger partial charge is 0.490 e. The maximum Gasteiger partial charge on any atom is 0.119 e. The van der Waals surface area contributed by atoms with Gasteiger partial charge in [-0.25, -0.2) is 0 Å². The van der Waals surface area contributed by atoms with Crippen LogP contribution in [0.4, 0.5) is 0 Å². The van der Waals surface area contributed by atoms with Crippen molar-refractivity contribution in [3.8, 4) is 33.8 Å². The maximum atomic E-state index is 6.46. The molecule has 4 atom stereocenters. The van der Waals surface area contributed by atoms with Gasteiger partial charge in [0.15, 0.2) is 0 Å². The van der Waals surface area contributed by atoms with Crippen LogP contribution in [0.15, 0.2) is 48.5 Å². The lowest BCUT2D eigenvalue weighted by Gasteiger charge is -2.31. The van der Waals surface area contributed by atoms with Gasteiger partial charge >= 0.3 is 0 Å². The first-order chi connectivity index (χ1) is 19.6. The van der Waals surface area contributed by atoms with Gasteiger partial charge < -0.3 is 9.47 Å². The Morgan fingerprint density at radius 1 is 0.585 bits per heavy atom. The predicted molar refractivity (Wildman–Crippen MR) is 175 cm³/mol. The van der Waals surface area contributed by atoms with Crippen LogP contribution in [0.1, 0.15) is 117 Å². The molecule has 0 aromatic heterocycles. The van der Waals surface area contributed by atoms with Crippen molar-refractivity contribution < 1.29 is 9.47 Å². The normalized spacial score (nSPS) is 23.0. The predicted octanol–water partition coefficient (Wildman–Crippen LogP) is 10.3. The summed E-state index contributed by atoms with van der Waals surface area (Å²) >= 11 is 1.44. The quantitative estimate of drug-likeness (QED) is 0.322. The van der Waals surface area contributed by atoms with E-state index in [4.69, 9.17) is 9.47 Å². The summed E-state index contributed by atoms with van der Waals surface area (Å²) in [5.41, 5.74) is 3.00. The van der Waals surface area contributed by atoms with Crippen LogP contribution in [0.25, 0.3) is 0 Å². The summed E-state index contributed by atoms with van der Waals surface area (Å²) in [6.45, 7) is 13.5. The van der Waals surface area contributed by atoms with Crippen LogP contribution in [-0.4, -0.2) is 12.2 Å². The van der Waals surface area contributed by atoms with E-state index >= 15 is 0 Å². The molecule has 2 aromatic rings. The minimum atomic E-state index is 0.160. The van der Waals surface area contributed by atoms with Gasteiger partial charge in [0.2, 0.25) is 0 Å². The highest BCUT2D eigenvalue weighted by atomic mass is 32.2. The second kappa shape index (κ2) is 14.6. The van der Waals surface area contributed by atoms with Gasteiger partial charge in [0.25, 0.3) is 0 Å². The average molecular weight is 571 g/mol. The summed E-state index contributed by atoms with van der Waals surface area (Å²) in [4.78, 5) is 0. The number of benzene rings is 2. The smallest absolute Gasteiger partial charge is 0.119 e. The van der Waals surface area contributed by atoms with E-state index in [0.717, 1.165) is 37.2 Å². The molecule has 0 amide bonds. The standard InChI is InChI=1S/C38H50O2S/c1-37(2,3)31-19-23-33(24-20-31)39-35-17-9-7-13-29(35)15-11-27-41-28-12-16-30-14-8-10-18-36(30)40-34-25-21-32(22-26-34)38(4,5)6/h19-26,29-30,35-36H,7-10,13-18H2,1-6H3. The number of hydrogen-bond donors (Lipinski definition) is 0. The van der Waals surface area contributed by atoms with Crippen LogP contribution < -0.4 is 9.47 Å². The zero-order valence-electron chi connectivity index (χ0n) is 26.2. The highest BCUT2D eigenvalue weighted by Crippen LogP contribution is 2.33. The Kier molecular flexibility index (Phi) is 11.2. The van der Waals surface area contributed by atoms with Crippen LogP contribution in [-0.2, 0) is 10.8 Å². The molecule has 2 aliphatic carbocycles. The van der Waals surface area contributed by atoms with Crippen molar-refractivity contribution in [3.63, 3.8) is 0 Å². The molecule has 3 heteroatoms. The van der Waals surface area contributed by atoms with Crippen molar-refractivity contribution in [2.45, 2.75) is 129 Å². The fourth-order valence-electron chi connectivity index (χ4n) is 5.98. The van der Waals surface area contributed by atoms with Crippen LogP contribution in [0.3, 0.4) is 0 Å². The third kappa shape index (κ3) is 9.79. The van der Waals surface area contributed by atoms with Crippen molar-refractivity contribution in [2.75, 3.05) is 0 Å². The van der Waals surface area contributed by atoms with Crippen LogP contribution >= 0.6 is 11.8 Å². The molecule has 4 rings (SSSR count). The Hall–Kier alpha value is -2.49.